The van der Waals surface area contributed by atoms with Gasteiger partial charge in [0.15, 0.2) is 0 Å². The molecule has 0 aliphatic rings. The fourth-order valence-corrected chi connectivity index (χ4v) is 1.49. The molecule has 0 atom stereocenters. The Kier molecular flexibility index (Phi) is 9.20. The van der Waals surface area contributed by atoms with Crippen molar-refractivity contribution in [2.24, 2.45) is 0 Å². The Bertz CT molecular complexity index is 787. The van der Waals surface area contributed by atoms with Crippen molar-refractivity contribution in [2.45, 2.75) is 53.6 Å². The first-order chi connectivity index (χ1) is 14.9. The van der Waals surface area contributed by atoms with Crippen LogP contribution in [-0.4, -0.2) is 92.2 Å². The third-order valence-electron chi connectivity index (χ3n) is 3.37. The maximum absolute atomic E-state index is 13.1. The van der Waals surface area contributed by atoms with Crippen LogP contribution < -0.4 is 5.11 Å². The molecule has 0 amide bonds. The fraction of sp³-hybridized carbons (Fsp3) is 0.929. The van der Waals surface area contributed by atoms with Crippen molar-refractivity contribution in [3.63, 3.8) is 0 Å². The minimum atomic E-state index is -9.08. The number of nitrogens with zero attached hydrogens (tertiary/aromatic N) is 1. The van der Waals surface area contributed by atoms with Crippen molar-refractivity contribution in [1.29, 1.82) is 0 Å². The molecule has 0 N–H and O–H groups in total. The van der Waals surface area contributed by atoms with Crippen LogP contribution in [0.2, 0.25) is 0 Å². The molecular weight excluding hydrogens is 575 g/mol. The van der Waals surface area contributed by atoms with Gasteiger partial charge in [0.25, 0.3) is 0 Å². The van der Waals surface area contributed by atoms with E-state index in [4.69, 9.17) is 0 Å². The van der Waals surface area contributed by atoms with Crippen LogP contribution in [-0.2, 0) is 4.79 Å². The van der Waals surface area contributed by atoms with Gasteiger partial charge in [0.05, 0.1) is 28.2 Å². The summed E-state index contributed by atoms with van der Waals surface area (Å²) in [7, 11) is 8.50. The summed E-state index contributed by atoms with van der Waals surface area (Å²) in [6, 6.07) is 0. The number of carbonyl (C=O) groups is 1. The second-order valence-electron chi connectivity index (χ2n) is 8.06. The lowest BCUT2D eigenvalue weighted by atomic mass is 9.87. The van der Waals surface area contributed by atoms with Crippen LogP contribution in [0.4, 0.5) is 83.4 Å². The summed E-state index contributed by atoms with van der Waals surface area (Å²) in [5, 5.41) is 9.69. The molecule has 36 heavy (non-hydrogen) atoms. The Balaban J connectivity index is 0. The predicted molar refractivity (Wildman–Crippen MR) is 74.6 cm³/mol. The standard InChI is InChI=1S/C10HF19O2.C4H12N/c11-2(12,1(30)31)3(13,14)4(15,16)5(17,18)6(19,20)7(21,22)8(23,24)9(25,26)10(27,28)29;1-5(2,3)4/h(H,30,31);1-4H3/q;+1/p-1. The number of hydrogen-bond acceptors (Lipinski definition) is 2. The number of carbonyl (C=O) groups excluding carboxylic acids is 1. The SMILES string of the molecule is C[N+](C)(C)C.O=C([O-])C(F)(F)C(F)(F)C(F)(F)C(F)(F)C(F)(F)C(F)(F)C(F)(F)C(F)(F)C(F)(F)F. The van der Waals surface area contributed by atoms with Crippen molar-refractivity contribution in [3.8, 4) is 0 Å². The maximum atomic E-state index is 13.1. The number of alkyl halides is 19. The van der Waals surface area contributed by atoms with E-state index in [2.05, 4.69) is 28.2 Å². The Morgan fingerprint density at radius 3 is 0.778 bits per heavy atom. The van der Waals surface area contributed by atoms with Crippen LogP contribution in [0.1, 0.15) is 0 Å². The Labute approximate surface area is 187 Å². The van der Waals surface area contributed by atoms with Crippen LogP contribution in [0.25, 0.3) is 0 Å². The van der Waals surface area contributed by atoms with Gasteiger partial charge in [-0.15, -0.1) is 0 Å². The van der Waals surface area contributed by atoms with Crippen molar-refractivity contribution in [2.75, 3.05) is 28.2 Å². The van der Waals surface area contributed by atoms with Gasteiger partial charge in [0.2, 0.25) is 0 Å². The van der Waals surface area contributed by atoms with E-state index in [1.54, 1.807) is 0 Å². The zero-order chi connectivity index (χ0) is 30.6. The molecule has 0 aromatic rings. The first-order valence-electron chi connectivity index (χ1n) is 8.04. The zero-order valence-electron chi connectivity index (χ0n) is 17.4. The van der Waals surface area contributed by atoms with Crippen molar-refractivity contribution < 1.29 is 97.8 Å². The summed E-state index contributed by atoms with van der Waals surface area (Å²) in [5.74, 6) is -73.8. The highest BCUT2D eigenvalue weighted by Crippen LogP contribution is 2.65. The zero-order valence-corrected chi connectivity index (χ0v) is 17.4. The van der Waals surface area contributed by atoms with Gasteiger partial charge in [-0.1, -0.05) is 0 Å². The summed E-state index contributed by atoms with van der Waals surface area (Å²) in [6.45, 7) is 0. The van der Waals surface area contributed by atoms with Gasteiger partial charge < -0.3 is 14.4 Å². The molecule has 0 saturated carbocycles. The highest BCUT2D eigenvalue weighted by atomic mass is 19.4. The summed E-state index contributed by atoms with van der Waals surface area (Å²) in [5.41, 5.74) is 0. The second kappa shape index (κ2) is 9.14. The smallest absolute Gasteiger partial charge is 0.460 e. The highest BCUT2D eigenvalue weighted by molar-refractivity contribution is 5.75. The summed E-state index contributed by atoms with van der Waals surface area (Å²) in [4.78, 5) is 9.69. The van der Waals surface area contributed by atoms with E-state index >= 15 is 0 Å². The van der Waals surface area contributed by atoms with E-state index in [0.717, 1.165) is 4.48 Å². The molecular formula is C14H12F19NO2. The topological polar surface area (TPSA) is 40.1 Å². The minimum Gasteiger partial charge on any atom is -0.544 e. The monoisotopic (exact) mass is 587 g/mol. The molecule has 218 valence electrons. The third kappa shape index (κ3) is 5.36. The molecule has 0 bridgehead atoms. The van der Waals surface area contributed by atoms with Crippen molar-refractivity contribution >= 4 is 5.97 Å². The van der Waals surface area contributed by atoms with Crippen molar-refractivity contribution in [1.82, 2.24) is 0 Å². The van der Waals surface area contributed by atoms with Crippen LogP contribution in [0.15, 0.2) is 0 Å². The van der Waals surface area contributed by atoms with Gasteiger partial charge in [-0.25, -0.2) is 0 Å². The van der Waals surface area contributed by atoms with Crippen LogP contribution in [0.5, 0.6) is 0 Å². The molecule has 0 unspecified atom stereocenters. The second-order valence-corrected chi connectivity index (χ2v) is 8.06. The number of quaternary nitrogens is 1. The van der Waals surface area contributed by atoms with E-state index in [0.29, 0.717) is 0 Å². The summed E-state index contributed by atoms with van der Waals surface area (Å²) < 4.78 is 242. The first-order valence-corrected chi connectivity index (χ1v) is 8.04. The van der Waals surface area contributed by atoms with E-state index in [1.807, 2.05) is 0 Å². The van der Waals surface area contributed by atoms with E-state index in [1.165, 1.54) is 0 Å². The Hall–Kier alpha value is -1.90. The van der Waals surface area contributed by atoms with Gasteiger partial charge in [-0.2, -0.15) is 83.4 Å². The molecule has 0 heterocycles. The van der Waals surface area contributed by atoms with Crippen LogP contribution >= 0.6 is 0 Å². The van der Waals surface area contributed by atoms with Gasteiger partial charge >= 0.3 is 53.6 Å². The maximum Gasteiger partial charge on any atom is 0.460 e. The molecule has 0 aliphatic heterocycles. The van der Waals surface area contributed by atoms with Gasteiger partial charge in [-0.05, 0) is 0 Å². The molecule has 0 aromatic carbocycles. The van der Waals surface area contributed by atoms with Crippen LogP contribution in [0, 0.1) is 0 Å². The molecule has 0 saturated heterocycles. The average Bonchev–Trinajstić information content (AvgIpc) is 2.57. The fourth-order valence-electron chi connectivity index (χ4n) is 1.49. The summed E-state index contributed by atoms with van der Waals surface area (Å²) >= 11 is 0. The summed E-state index contributed by atoms with van der Waals surface area (Å²) in [6.07, 6.45) is -7.96. The van der Waals surface area contributed by atoms with E-state index in [9.17, 15) is 93.3 Å². The molecule has 0 fully saturated rings. The normalized spacial score (nSPS) is 15.9. The molecule has 22 heteroatoms. The quantitative estimate of drug-likeness (QED) is 0.305. The molecule has 0 radical (unpaired) electrons. The lowest BCUT2D eigenvalue weighted by Crippen LogP contribution is -2.76. The minimum absolute atomic E-state index is 1.00. The Morgan fingerprint density at radius 1 is 0.444 bits per heavy atom. The number of halogens is 19. The molecule has 0 rings (SSSR count). The molecule has 0 aliphatic carbocycles. The lowest BCUT2D eigenvalue weighted by Gasteiger charge is -2.43. The number of carboxylic acid groups (broad SMARTS) is 1. The molecule has 0 aromatic heterocycles. The van der Waals surface area contributed by atoms with Gasteiger partial charge in [0, 0.05) is 0 Å². The highest BCUT2D eigenvalue weighted by Gasteiger charge is 2.96. The number of aliphatic carboxylic acids is 1. The van der Waals surface area contributed by atoms with Crippen LogP contribution in [0.3, 0.4) is 0 Å². The van der Waals surface area contributed by atoms with Gasteiger partial charge in [0.1, 0.15) is 5.97 Å². The number of carboxylic acids is 1. The van der Waals surface area contributed by atoms with E-state index in [-0.39, 0.29) is 0 Å². The third-order valence-corrected chi connectivity index (χ3v) is 3.37. The lowest BCUT2D eigenvalue weighted by molar-refractivity contribution is -0.849. The average molecular weight is 587 g/mol. The molecule has 3 nitrogen and oxygen atoms in total. The number of hydrogen-bond donors (Lipinski definition) is 0. The predicted octanol–water partition coefficient (Wildman–Crippen LogP) is 4.70. The number of rotatable bonds is 8. The first kappa shape index (κ1) is 36.3. The Morgan fingerprint density at radius 2 is 0.611 bits per heavy atom. The van der Waals surface area contributed by atoms with E-state index < -0.39 is 59.5 Å². The largest absolute Gasteiger partial charge is 0.544 e. The molecule has 0 spiro atoms. The van der Waals surface area contributed by atoms with Crippen molar-refractivity contribution in [3.05, 3.63) is 0 Å². The van der Waals surface area contributed by atoms with Gasteiger partial charge in [-0.3, -0.25) is 0 Å².